The molecular weight excluding hydrogens is 865 g/mol. The van der Waals surface area contributed by atoms with E-state index in [-0.39, 0.29) is 25.6 Å². The Balaban J connectivity index is 2.21. The largest absolute Gasteiger partial charge is 0.457 e. The molecule has 1 saturated heterocycles. The van der Waals surface area contributed by atoms with Gasteiger partial charge < -0.3 is 39.4 Å². The average molecular weight is 969 g/mol. The lowest BCUT2D eigenvalue weighted by molar-refractivity contribution is -0.305. The zero-order chi connectivity index (χ0) is 49.9. The maximum atomic E-state index is 12.9. The van der Waals surface area contributed by atoms with Crippen LogP contribution in [0.2, 0.25) is 0 Å². The van der Waals surface area contributed by atoms with Gasteiger partial charge >= 0.3 is 5.97 Å². The first kappa shape index (κ1) is 64.4. The minimum Gasteiger partial charge on any atom is -0.457 e. The smallest absolute Gasteiger partial charge is 0.306 e. The zero-order valence-electron chi connectivity index (χ0n) is 44.0. The van der Waals surface area contributed by atoms with Gasteiger partial charge in [0.2, 0.25) is 0 Å². The van der Waals surface area contributed by atoms with Gasteiger partial charge in [-0.1, -0.05) is 234 Å². The van der Waals surface area contributed by atoms with E-state index >= 15 is 0 Å². The van der Waals surface area contributed by atoms with Crippen molar-refractivity contribution in [3.8, 4) is 0 Å². The highest BCUT2D eigenvalue weighted by Gasteiger charge is 2.44. The third kappa shape index (κ3) is 40.6. The fourth-order valence-electron chi connectivity index (χ4n) is 8.24. The quantitative estimate of drug-likeness (QED) is 0.0267. The fourth-order valence-corrected chi connectivity index (χ4v) is 8.24. The van der Waals surface area contributed by atoms with Crippen LogP contribution in [0.4, 0.5) is 0 Å². The van der Waals surface area contributed by atoms with E-state index in [1.54, 1.807) is 0 Å². The van der Waals surface area contributed by atoms with Gasteiger partial charge in [0, 0.05) is 13.0 Å². The fraction of sp³-hybridized carbons (Fsp3) is 0.750. The number of hydrogen-bond acceptors (Lipinski definition) is 9. The second kappa shape index (κ2) is 50.3. The van der Waals surface area contributed by atoms with Crippen LogP contribution in [0.5, 0.6) is 0 Å². The molecule has 1 fully saturated rings. The van der Waals surface area contributed by atoms with E-state index < -0.39 is 43.4 Å². The second-order valence-electron chi connectivity index (χ2n) is 19.0. The first-order valence-electron chi connectivity index (χ1n) is 28.2. The molecule has 0 saturated carbocycles. The number of ether oxygens (including phenoxy) is 4. The Labute approximate surface area is 422 Å². The van der Waals surface area contributed by atoms with Gasteiger partial charge in [-0.25, -0.2) is 0 Å². The van der Waals surface area contributed by atoms with Crippen LogP contribution < -0.4 is 0 Å². The Morgan fingerprint density at radius 1 is 0.478 bits per heavy atom. The number of unbranched alkanes of at least 4 members (excludes halogenated alkanes) is 23. The zero-order valence-corrected chi connectivity index (χ0v) is 44.0. The van der Waals surface area contributed by atoms with Crippen molar-refractivity contribution in [1.29, 1.82) is 0 Å². The lowest BCUT2D eigenvalue weighted by Gasteiger charge is -2.39. The summed E-state index contributed by atoms with van der Waals surface area (Å²) in [4.78, 5) is 12.9. The summed E-state index contributed by atoms with van der Waals surface area (Å²) in [7, 11) is 0. The normalized spacial score (nSPS) is 19.7. The maximum Gasteiger partial charge on any atom is 0.306 e. The summed E-state index contributed by atoms with van der Waals surface area (Å²) in [6.45, 7) is 4.43. The number of carbonyl (C=O) groups excluding carboxylic acids is 1. The number of aliphatic hydroxyl groups is 4. The van der Waals surface area contributed by atoms with E-state index in [4.69, 9.17) is 18.9 Å². The minimum atomic E-state index is -1.55. The van der Waals surface area contributed by atoms with Gasteiger partial charge in [0.1, 0.15) is 30.5 Å². The van der Waals surface area contributed by atoms with E-state index in [1.807, 2.05) is 0 Å². The molecule has 1 rings (SSSR count). The summed E-state index contributed by atoms with van der Waals surface area (Å²) in [5.41, 5.74) is 0. The Morgan fingerprint density at radius 3 is 1.32 bits per heavy atom. The molecule has 0 radical (unpaired) electrons. The van der Waals surface area contributed by atoms with Crippen LogP contribution in [0.15, 0.2) is 85.1 Å². The molecule has 0 aromatic rings. The minimum absolute atomic E-state index is 0.129. The monoisotopic (exact) mass is 969 g/mol. The molecule has 0 aromatic heterocycles. The van der Waals surface area contributed by atoms with Crippen molar-refractivity contribution in [3.63, 3.8) is 0 Å². The van der Waals surface area contributed by atoms with Crippen molar-refractivity contribution in [2.24, 2.45) is 0 Å². The molecule has 9 nitrogen and oxygen atoms in total. The number of esters is 1. The first-order chi connectivity index (χ1) is 33.9. The summed E-state index contributed by atoms with van der Waals surface area (Å²) in [5.74, 6) is -0.344. The molecule has 6 unspecified atom stereocenters. The van der Waals surface area contributed by atoms with Gasteiger partial charge in [0.25, 0.3) is 0 Å². The molecule has 1 aliphatic rings. The third-order valence-corrected chi connectivity index (χ3v) is 12.6. The Bertz CT molecular complexity index is 1330. The van der Waals surface area contributed by atoms with Crippen LogP contribution in [-0.4, -0.2) is 89.6 Å². The van der Waals surface area contributed by atoms with E-state index in [9.17, 15) is 25.2 Å². The number of allylic oxidation sites excluding steroid dienone is 14. The van der Waals surface area contributed by atoms with Crippen LogP contribution in [0.1, 0.15) is 226 Å². The number of rotatable bonds is 48. The van der Waals surface area contributed by atoms with Crippen LogP contribution in [0.3, 0.4) is 0 Å². The predicted molar refractivity (Wildman–Crippen MR) is 288 cm³/mol. The van der Waals surface area contributed by atoms with Crippen molar-refractivity contribution in [1.82, 2.24) is 0 Å². The molecular formula is C60H104O9. The Morgan fingerprint density at radius 2 is 0.884 bits per heavy atom. The van der Waals surface area contributed by atoms with E-state index in [2.05, 4.69) is 98.9 Å². The highest BCUT2D eigenvalue weighted by atomic mass is 16.7. The van der Waals surface area contributed by atoms with Crippen molar-refractivity contribution in [3.05, 3.63) is 85.1 Å². The topological polar surface area (TPSA) is 135 Å². The van der Waals surface area contributed by atoms with Crippen molar-refractivity contribution >= 4 is 5.97 Å². The lowest BCUT2D eigenvalue weighted by atomic mass is 9.99. The standard InChI is InChI=1S/C60H104O9/c1-3-5-7-9-11-13-15-17-19-21-23-25-26-27-28-29-31-33-35-37-39-41-43-45-47-49-56(62)68-54(53-67-60-59(65)58(64)57(63)55(51-61)69-60)52-66-50-48-46-44-42-40-38-36-34-32-30-24-22-20-18-16-14-12-10-8-6-4-2/h5,7,11,13,17,19,23,25,27-28,31,33,37,39,54-55,57-61,63-65H,3-4,6,8-10,12,14-16,18,20-22,24,26,29-30,32,34-36,38,40-53H2,1-2H3/b7-5-,13-11-,19-17-,25-23-,28-27-,33-31-,39-37-. The summed E-state index contributed by atoms with van der Waals surface area (Å²) in [6.07, 6.45) is 62.0. The van der Waals surface area contributed by atoms with Crippen molar-refractivity contribution in [2.45, 2.75) is 263 Å². The molecule has 0 aromatic carbocycles. The number of aliphatic hydroxyl groups excluding tert-OH is 4. The molecule has 9 heteroatoms. The van der Waals surface area contributed by atoms with Gasteiger partial charge in [-0.3, -0.25) is 4.79 Å². The van der Waals surface area contributed by atoms with Crippen LogP contribution in [0.25, 0.3) is 0 Å². The Kier molecular flexibility index (Phi) is 47.0. The van der Waals surface area contributed by atoms with Crippen LogP contribution in [0, 0.1) is 0 Å². The summed E-state index contributed by atoms with van der Waals surface area (Å²) in [6, 6.07) is 0. The molecule has 1 heterocycles. The average Bonchev–Trinajstić information content (AvgIpc) is 3.35. The Hall–Kier alpha value is -2.63. The molecule has 6 atom stereocenters. The van der Waals surface area contributed by atoms with E-state index in [1.165, 1.54) is 122 Å². The van der Waals surface area contributed by atoms with Crippen molar-refractivity contribution < 1.29 is 44.2 Å². The highest BCUT2D eigenvalue weighted by molar-refractivity contribution is 5.69. The summed E-state index contributed by atoms with van der Waals surface area (Å²) in [5, 5.41) is 40.3. The van der Waals surface area contributed by atoms with Gasteiger partial charge in [0.05, 0.1) is 19.8 Å². The van der Waals surface area contributed by atoms with Gasteiger partial charge in [-0.05, 0) is 70.6 Å². The van der Waals surface area contributed by atoms with Crippen molar-refractivity contribution in [2.75, 3.05) is 26.4 Å². The summed E-state index contributed by atoms with van der Waals surface area (Å²) >= 11 is 0. The molecule has 1 aliphatic heterocycles. The third-order valence-electron chi connectivity index (χ3n) is 12.6. The number of carbonyl (C=O) groups is 1. The lowest BCUT2D eigenvalue weighted by Crippen LogP contribution is -2.59. The highest BCUT2D eigenvalue weighted by Crippen LogP contribution is 2.23. The molecule has 0 aliphatic carbocycles. The van der Waals surface area contributed by atoms with Gasteiger partial charge in [-0.2, -0.15) is 0 Å². The van der Waals surface area contributed by atoms with Crippen LogP contribution >= 0.6 is 0 Å². The molecule has 398 valence electrons. The molecule has 4 N–H and O–H groups in total. The molecule has 69 heavy (non-hydrogen) atoms. The van der Waals surface area contributed by atoms with Gasteiger partial charge in [-0.15, -0.1) is 0 Å². The molecule has 0 bridgehead atoms. The summed E-state index contributed by atoms with van der Waals surface area (Å²) < 4.78 is 22.9. The SMILES string of the molecule is CC/C=C\C/C=C\C/C=C\C/C=C\C/C=C\C/C=C\C/C=C\CCCCCC(=O)OC(COCCCCCCCCCCCCCCCCCCCCCCC)COC1OC(CO)C(O)C(O)C1O. The van der Waals surface area contributed by atoms with E-state index in [0.29, 0.717) is 13.0 Å². The molecule has 0 amide bonds. The van der Waals surface area contributed by atoms with Crippen LogP contribution in [-0.2, 0) is 23.7 Å². The predicted octanol–water partition coefficient (Wildman–Crippen LogP) is 14.5. The van der Waals surface area contributed by atoms with Gasteiger partial charge in [0.15, 0.2) is 6.29 Å². The molecule has 0 spiro atoms. The first-order valence-corrected chi connectivity index (χ1v) is 28.2. The number of hydrogen-bond donors (Lipinski definition) is 4. The van der Waals surface area contributed by atoms with E-state index in [0.717, 1.165) is 77.0 Å². The maximum absolute atomic E-state index is 12.9. The second-order valence-corrected chi connectivity index (χ2v) is 19.0.